The van der Waals surface area contributed by atoms with Gasteiger partial charge in [0.25, 0.3) is 0 Å². The maximum Gasteiger partial charge on any atom is 0.321 e. The van der Waals surface area contributed by atoms with Crippen molar-refractivity contribution in [2.75, 3.05) is 40.3 Å². The Balaban J connectivity index is 2.88. The third-order valence-electron chi connectivity index (χ3n) is 2.61. The summed E-state index contributed by atoms with van der Waals surface area (Å²) in [6.45, 7) is 0.366. The molecule has 0 spiro atoms. The topological polar surface area (TPSA) is 66.0 Å². The average molecular weight is 348 g/mol. The lowest BCUT2D eigenvalue weighted by Gasteiger charge is -2.16. The number of alkyl halides is 1. The lowest BCUT2D eigenvalue weighted by molar-refractivity contribution is -0.139. The van der Waals surface area contributed by atoms with Crippen LogP contribution in [0.2, 0.25) is 0 Å². The van der Waals surface area contributed by atoms with Crippen LogP contribution in [-0.2, 0) is 9.53 Å². The Morgan fingerprint density at radius 3 is 2.10 bits per heavy atom. The van der Waals surface area contributed by atoms with Gasteiger partial charge in [0.15, 0.2) is 11.5 Å². The summed E-state index contributed by atoms with van der Waals surface area (Å²) in [4.78, 5) is 10.9. The molecular formula is C13H18BrNO5. The molecule has 0 heterocycles. The highest BCUT2D eigenvalue weighted by Gasteiger charge is 2.17. The van der Waals surface area contributed by atoms with Crippen molar-refractivity contribution in [3.05, 3.63) is 12.1 Å². The van der Waals surface area contributed by atoms with Gasteiger partial charge in [-0.1, -0.05) is 15.9 Å². The van der Waals surface area contributed by atoms with Gasteiger partial charge >= 0.3 is 5.97 Å². The first-order chi connectivity index (χ1) is 9.57. The van der Waals surface area contributed by atoms with E-state index < -0.39 is 4.83 Å². The lowest BCUT2D eigenvalue weighted by atomic mass is 10.2. The number of hydrogen-bond donors (Lipinski definition) is 1. The molecule has 1 atom stereocenters. The third-order valence-corrected chi connectivity index (χ3v) is 3.30. The Morgan fingerprint density at radius 2 is 1.70 bits per heavy atom. The van der Waals surface area contributed by atoms with Crippen LogP contribution in [0.4, 0.5) is 5.69 Å². The number of esters is 1. The molecule has 112 valence electrons. The van der Waals surface area contributed by atoms with Crippen LogP contribution in [0.15, 0.2) is 12.1 Å². The van der Waals surface area contributed by atoms with E-state index in [4.69, 9.17) is 14.2 Å². The molecule has 0 saturated carbocycles. The Bertz CT molecular complexity index is 441. The molecule has 20 heavy (non-hydrogen) atoms. The van der Waals surface area contributed by atoms with E-state index in [1.807, 2.05) is 0 Å². The van der Waals surface area contributed by atoms with E-state index in [0.717, 1.165) is 5.69 Å². The fraction of sp³-hybridized carbons (Fsp3) is 0.462. The molecule has 1 rings (SSSR count). The maximum absolute atomic E-state index is 11.3. The molecule has 0 bridgehead atoms. The standard InChI is InChI=1S/C13H18BrNO5/c1-17-10-5-8(6-11(18-2)12(10)19-3)15-7-9(14)13(16)20-4/h5-6,9,15H,7H2,1-4H3. The van der Waals surface area contributed by atoms with Crippen molar-refractivity contribution in [1.29, 1.82) is 0 Å². The number of rotatable bonds is 7. The van der Waals surface area contributed by atoms with Gasteiger partial charge in [-0.3, -0.25) is 4.79 Å². The molecule has 0 aromatic heterocycles. The average Bonchev–Trinajstić information content (AvgIpc) is 2.50. The zero-order chi connectivity index (χ0) is 15.1. The van der Waals surface area contributed by atoms with E-state index >= 15 is 0 Å². The molecular weight excluding hydrogens is 330 g/mol. The van der Waals surface area contributed by atoms with Crippen molar-refractivity contribution >= 4 is 27.6 Å². The van der Waals surface area contributed by atoms with Gasteiger partial charge in [0.2, 0.25) is 5.75 Å². The minimum Gasteiger partial charge on any atom is -0.493 e. The van der Waals surface area contributed by atoms with Gasteiger partial charge in [0.1, 0.15) is 4.83 Å². The summed E-state index contributed by atoms with van der Waals surface area (Å²) < 4.78 is 20.4. The third kappa shape index (κ3) is 3.93. The van der Waals surface area contributed by atoms with Crippen LogP contribution in [0.25, 0.3) is 0 Å². The molecule has 0 aliphatic carbocycles. The summed E-state index contributed by atoms with van der Waals surface area (Å²) >= 11 is 3.24. The van der Waals surface area contributed by atoms with E-state index in [-0.39, 0.29) is 5.97 Å². The number of carbonyl (C=O) groups is 1. The number of ether oxygens (including phenoxy) is 4. The highest BCUT2D eigenvalue weighted by molar-refractivity contribution is 9.10. The summed E-state index contributed by atoms with van der Waals surface area (Å²) in [6.07, 6.45) is 0. The summed E-state index contributed by atoms with van der Waals surface area (Å²) in [6, 6.07) is 3.52. The quantitative estimate of drug-likeness (QED) is 0.601. The van der Waals surface area contributed by atoms with E-state index in [1.165, 1.54) is 7.11 Å². The Morgan fingerprint density at radius 1 is 1.15 bits per heavy atom. The van der Waals surface area contributed by atoms with Crippen LogP contribution < -0.4 is 19.5 Å². The number of methoxy groups -OCH3 is 4. The number of carbonyl (C=O) groups excluding carboxylic acids is 1. The van der Waals surface area contributed by atoms with E-state index in [9.17, 15) is 4.79 Å². The predicted octanol–water partition coefficient (Wildman–Crippen LogP) is 2.06. The fourth-order valence-corrected chi connectivity index (χ4v) is 1.95. The van der Waals surface area contributed by atoms with Gasteiger partial charge in [-0.15, -0.1) is 0 Å². The molecule has 0 fully saturated rings. The number of anilines is 1. The first-order valence-electron chi connectivity index (χ1n) is 5.83. The minimum absolute atomic E-state index is 0.343. The van der Waals surface area contributed by atoms with Crippen LogP contribution in [0.5, 0.6) is 17.2 Å². The number of halogens is 1. The normalized spacial score (nSPS) is 11.4. The van der Waals surface area contributed by atoms with Gasteiger partial charge < -0.3 is 24.3 Å². The highest BCUT2D eigenvalue weighted by Crippen LogP contribution is 2.39. The largest absolute Gasteiger partial charge is 0.493 e. The van der Waals surface area contributed by atoms with Gasteiger partial charge in [-0.2, -0.15) is 0 Å². The van der Waals surface area contributed by atoms with Crippen molar-refractivity contribution in [3.8, 4) is 17.2 Å². The molecule has 0 saturated heterocycles. The van der Waals surface area contributed by atoms with E-state index in [0.29, 0.717) is 23.8 Å². The van der Waals surface area contributed by atoms with Crippen molar-refractivity contribution in [2.24, 2.45) is 0 Å². The minimum atomic E-state index is -0.438. The highest BCUT2D eigenvalue weighted by atomic mass is 79.9. The predicted molar refractivity (Wildman–Crippen MR) is 79.3 cm³/mol. The molecule has 0 aliphatic heterocycles. The van der Waals surface area contributed by atoms with Crippen molar-refractivity contribution in [3.63, 3.8) is 0 Å². The molecule has 1 N–H and O–H groups in total. The smallest absolute Gasteiger partial charge is 0.321 e. The van der Waals surface area contributed by atoms with Crippen LogP contribution in [0.3, 0.4) is 0 Å². The molecule has 7 heteroatoms. The zero-order valence-corrected chi connectivity index (χ0v) is 13.4. The molecule has 1 aromatic rings. The number of benzene rings is 1. The monoisotopic (exact) mass is 347 g/mol. The van der Waals surface area contributed by atoms with Gasteiger partial charge in [-0.25, -0.2) is 0 Å². The SMILES string of the molecule is COC(=O)C(Br)CNc1cc(OC)c(OC)c(OC)c1. The molecule has 0 radical (unpaired) electrons. The van der Waals surface area contributed by atoms with E-state index in [1.54, 1.807) is 33.5 Å². The van der Waals surface area contributed by atoms with Crippen LogP contribution in [-0.4, -0.2) is 45.8 Å². The Kier molecular flexibility index (Phi) is 6.44. The Hall–Kier alpha value is -1.63. The second-order valence-electron chi connectivity index (χ2n) is 3.79. The first-order valence-corrected chi connectivity index (χ1v) is 6.74. The number of nitrogens with one attached hydrogen (secondary N) is 1. The molecule has 6 nitrogen and oxygen atoms in total. The summed E-state index contributed by atoms with van der Waals surface area (Å²) in [5.74, 6) is 1.26. The molecule has 0 aliphatic rings. The van der Waals surface area contributed by atoms with E-state index in [2.05, 4.69) is 26.0 Å². The summed E-state index contributed by atoms with van der Waals surface area (Å²) in [7, 11) is 5.97. The van der Waals surface area contributed by atoms with Crippen molar-refractivity contribution in [2.45, 2.75) is 4.83 Å². The maximum atomic E-state index is 11.3. The fourth-order valence-electron chi connectivity index (χ4n) is 1.60. The van der Waals surface area contributed by atoms with Gasteiger partial charge in [0.05, 0.1) is 28.4 Å². The van der Waals surface area contributed by atoms with Crippen molar-refractivity contribution in [1.82, 2.24) is 0 Å². The summed E-state index contributed by atoms with van der Waals surface area (Å²) in [5.41, 5.74) is 0.743. The van der Waals surface area contributed by atoms with Crippen molar-refractivity contribution < 1.29 is 23.7 Å². The molecule has 1 aromatic carbocycles. The lowest BCUT2D eigenvalue weighted by Crippen LogP contribution is -2.24. The number of hydrogen-bond acceptors (Lipinski definition) is 6. The van der Waals surface area contributed by atoms with Crippen LogP contribution in [0.1, 0.15) is 0 Å². The van der Waals surface area contributed by atoms with Crippen LogP contribution >= 0.6 is 15.9 Å². The second-order valence-corrected chi connectivity index (χ2v) is 4.89. The second kappa shape index (κ2) is 7.84. The Labute approximate surface area is 126 Å². The van der Waals surface area contributed by atoms with Gasteiger partial charge in [-0.05, 0) is 0 Å². The molecule has 0 amide bonds. The summed E-state index contributed by atoms with van der Waals surface area (Å²) in [5, 5.41) is 3.10. The molecule has 1 unspecified atom stereocenters. The van der Waals surface area contributed by atoms with Gasteiger partial charge in [0, 0.05) is 24.4 Å². The van der Waals surface area contributed by atoms with Crippen LogP contribution in [0, 0.1) is 0 Å². The zero-order valence-electron chi connectivity index (χ0n) is 11.9. The first kappa shape index (κ1) is 16.4.